The Bertz CT molecular complexity index is 2920. The predicted octanol–water partition coefficient (Wildman–Crippen LogP) is 11.9. The summed E-state index contributed by atoms with van der Waals surface area (Å²) in [5.74, 6) is -11.5. The van der Waals surface area contributed by atoms with Crippen molar-refractivity contribution in [3.05, 3.63) is 88.6 Å². The SMILES string of the molecule is C=CCOC(=O)C1CCC(C(=O)OCC(CC)(COC(=O)C2CCC(C(=O)OCC=C)CC2)COC(=O)C2CCC(C(=O)OCC=C)CC2)CC1.C=CCOC(=O)C1CCC(C(=O)OCC(COC(=O)C2CCC(C(=O)OCC=C)CC2)(COC(=O)C2CCC(C(=O)OCC=C)CC2)COC(=O)C2CCC(C(=O)OCC=C)CC2)CC1. The van der Waals surface area contributed by atoms with Crippen molar-refractivity contribution in [2.45, 2.75) is 193 Å². The first-order valence-electron chi connectivity index (χ1n) is 41.5. The summed E-state index contributed by atoms with van der Waals surface area (Å²) in [4.78, 5) is 181. The molecule has 0 heterocycles. The molecule has 644 valence electrons. The molecule has 28 nitrogen and oxygen atoms in total. The molecule has 0 aliphatic heterocycles. The highest BCUT2D eigenvalue weighted by molar-refractivity contribution is 5.80. The Balaban J connectivity index is 0.000000371. The second kappa shape index (κ2) is 51.1. The van der Waals surface area contributed by atoms with Crippen LogP contribution in [0.1, 0.15) is 193 Å². The molecule has 0 radical (unpaired) electrons. The van der Waals surface area contributed by atoms with Crippen LogP contribution in [0.5, 0.6) is 0 Å². The average Bonchev–Trinajstić information content (AvgIpc) is 0.829. The molecule has 0 amide bonds. The third-order valence-corrected chi connectivity index (χ3v) is 23.6. The minimum atomic E-state index is -1.55. The first-order valence-corrected chi connectivity index (χ1v) is 41.5. The Hall–Kier alpha value is -9.24. The van der Waals surface area contributed by atoms with E-state index in [9.17, 15) is 67.1 Å². The van der Waals surface area contributed by atoms with Crippen molar-refractivity contribution < 1.29 is 133 Å². The molecule has 7 saturated carbocycles. The smallest absolute Gasteiger partial charge is 0.309 e. The molecule has 0 atom stereocenters. The van der Waals surface area contributed by atoms with E-state index >= 15 is 0 Å². The Kier molecular flexibility index (Phi) is 42.1. The molecule has 0 aromatic rings. The molecule has 7 aliphatic carbocycles. The molecular weight excluding hydrogens is 1500 g/mol. The maximum atomic E-state index is 13.7. The molecule has 7 fully saturated rings. The van der Waals surface area contributed by atoms with Crippen molar-refractivity contribution in [1.82, 2.24) is 0 Å². The molecule has 7 rings (SSSR count). The van der Waals surface area contributed by atoms with Gasteiger partial charge in [0, 0.05) is 0 Å². The van der Waals surface area contributed by atoms with Crippen LogP contribution >= 0.6 is 0 Å². The van der Waals surface area contributed by atoms with Crippen LogP contribution in [-0.4, -0.2) is 176 Å². The second-order valence-corrected chi connectivity index (χ2v) is 31.9. The summed E-state index contributed by atoms with van der Waals surface area (Å²) in [6.45, 7) is 25.4. The Morgan fingerprint density at radius 3 is 0.379 bits per heavy atom. The fourth-order valence-corrected chi connectivity index (χ4v) is 15.8. The van der Waals surface area contributed by atoms with Gasteiger partial charge in [-0.15, -0.1) is 0 Å². The highest BCUT2D eigenvalue weighted by Gasteiger charge is 2.45. The van der Waals surface area contributed by atoms with E-state index in [1.54, 1.807) is 0 Å². The zero-order valence-electron chi connectivity index (χ0n) is 67.9. The third-order valence-electron chi connectivity index (χ3n) is 23.6. The number of esters is 14. The topological polar surface area (TPSA) is 368 Å². The molecule has 116 heavy (non-hydrogen) atoms. The predicted molar refractivity (Wildman–Crippen MR) is 418 cm³/mol. The zero-order valence-corrected chi connectivity index (χ0v) is 67.9. The molecule has 0 saturated heterocycles. The number of hydrogen-bond acceptors (Lipinski definition) is 28. The summed E-state index contributed by atoms with van der Waals surface area (Å²) in [5.41, 5.74) is -2.55. The molecular formula is C88H124O28. The van der Waals surface area contributed by atoms with Gasteiger partial charge in [0.15, 0.2) is 0 Å². The minimum absolute atomic E-state index is 0.0899. The van der Waals surface area contributed by atoms with Gasteiger partial charge in [-0.05, 0) is 186 Å². The fraction of sp³-hybridized carbons (Fsp3) is 0.682. The fourth-order valence-electron chi connectivity index (χ4n) is 15.8. The van der Waals surface area contributed by atoms with Gasteiger partial charge in [-0.3, -0.25) is 67.1 Å². The summed E-state index contributed by atoms with van der Waals surface area (Å²) in [5, 5.41) is 0. The Morgan fingerprint density at radius 2 is 0.284 bits per heavy atom. The molecule has 7 aliphatic rings. The van der Waals surface area contributed by atoms with E-state index in [0.29, 0.717) is 186 Å². The molecule has 28 heteroatoms. The molecule has 0 bridgehead atoms. The van der Waals surface area contributed by atoms with E-state index in [0.717, 1.165) is 0 Å². The van der Waals surface area contributed by atoms with Crippen LogP contribution in [0.25, 0.3) is 0 Å². The lowest BCUT2D eigenvalue weighted by Gasteiger charge is -2.35. The maximum absolute atomic E-state index is 13.7. The van der Waals surface area contributed by atoms with E-state index in [1.807, 2.05) is 6.92 Å². The van der Waals surface area contributed by atoms with Gasteiger partial charge in [-0.2, -0.15) is 0 Å². The van der Waals surface area contributed by atoms with Crippen molar-refractivity contribution >= 4 is 83.6 Å². The quantitative estimate of drug-likeness (QED) is 0.0311. The summed E-state index contributed by atoms with van der Waals surface area (Å²) < 4.78 is 77.6. The minimum Gasteiger partial charge on any atom is -0.465 e. The van der Waals surface area contributed by atoms with Gasteiger partial charge in [-0.25, -0.2) is 0 Å². The van der Waals surface area contributed by atoms with Crippen LogP contribution in [0.2, 0.25) is 0 Å². The molecule has 0 N–H and O–H groups in total. The monoisotopic (exact) mass is 1630 g/mol. The highest BCUT2D eigenvalue weighted by Crippen LogP contribution is 2.40. The largest absolute Gasteiger partial charge is 0.465 e. The molecule has 0 spiro atoms. The van der Waals surface area contributed by atoms with Gasteiger partial charge < -0.3 is 66.3 Å². The molecule has 0 unspecified atom stereocenters. The van der Waals surface area contributed by atoms with Crippen molar-refractivity contribution in [2.24, 2.45) is 93.7 Å². The lowest BCUT2D eigenvalue weighted by molar-refractivity contribution is -0.179. The van der Waals surface area contributed by atoms with E-state index < -0.39 is 120 Å². The standard InChI is InChI=1S/C49H68O16.C39H56O12/c1-5-25-58-41(50)33-9-17-37(18-10-33)45(54)62-29-49(30-63-46(55)38-19-11-34(12-20-38)42(51)59-26-6-2,31-64-47(56)39-21-13-35(14-22-39)43(52)60-27-7-3)32-65-48(57)40-23-15-36(16-24-40)44(53)61-28-8-4;1-5-21-46-33(40)27-9-15-30(16-10-27)36(43)49-24-39(8-4,25-50-37(44)31-17-11-28(12-18-31)34(41)47-22-6-2)26-51-38(45)32-19-13-29(14-20-32)35(42)48-23-7-3/h5-8,33-40H,1-4,9-32H2;5-7,27-32H,1-3,8-26H2,4H3. The molecule has 0 aromatic carbocycles. The van der Waals surface area contributed by atoms with Gasteiger partial charge >= 0.3 is 83.6 Å². The van der Waals surface area contributed by atoms with Gasteiger partial charge in [0.05, 0.1) is 88.3 Å². The van der Waals surface area contributed by atoms with Gasteiger partial charge in [-0.1, -0.05) is 95.5 Å². The first kappa shape index (κ1) is 95.6. The summed E-state index contributed by atoms with van der Waals surface area (Å²) in [7, 11) is 0. The lowest BCUT2D eigenvalue weighted by atomic mass is 9.81. The maximum Gasteiger partial charge on any atom is 0.309 e. The van der Waals surface area contributed by atoms with E-state index in [-0.39, 0.29) is 149 Å². The van der Waals surface area contributed by atoms with Gasteiger partial charge in [0.1, 0.15) is 97.9 Å². The Morgan fingerprint density at radius 1 is 0.190 bits per heavy atom. The zero-order chi connectivity index (χ0) is 84.4. The Labute approximate surface area is 681 Å². The third kappa shape index (κ3) is 31.3. The highest BCUT2D eigenvalue weighted by atomic mass is 16.6. The van der Waals surface area contributed by atoms with E-state index in [2.05, 4.69) is 46.1 Å². The van der Waals surface area contributed by atoms with Crippen LogP contribution in [0, 0.1) is 93.7 Å². The van der Waals surface area contributed by atoms with Crippen LogP contribution < -0.4 is 0 Å². The van der Waals surface area contributed by atoms with Crippen LogP contribution in [-0.2, 0) is 133 Å². The lowest BCUT2D eigenvalue weighted by Crippen LogP contribution is -2.46. The van der Waals surface area contributed by atoms with Gasteiger partial charge in [0.2, 0.25) is 0 Å². The summed E-state index contributed by atoms with van der Waals surface area (Å²) in [6, 6.07) is 0. The van der Waals surface area contributed by atoms with Crippen LogP contribution in [0.15, 0.2) is 88.6 Å². The number of ether oxygens (including phenoxy) is 14. The van der Waals surface area contributed by atoms with Crippen molar-refractivity contribution in [1.29, 1.82) is 0 Å². The number of carbonyl (C=O) groups is 14. The van der Waals surface area contributed by atoms with Crippen LogP contribution in [0.3, 0.4) is 0 Å². The first-order chi connectivity index (χ1) is 55.9. The number of hydrogen-bond donors (Lipinski definition) is 0. The van der Waals surface area contributed by atoms with Crippen molar-refractivity contribution in [3.63, 3.8) is 0 Å². The van der Waals surface area contributed by atoms with Crippen LogP contribution in [0.4, 0.5) is 0 Å². The summed E-state index contributed by atoms with van der Waals surface area (Å²) >= 11 is 0. The number of carbonyl (C=O) groups excluding carboxylic acids is 14. The van der Waals surface area contributed by atoms with E-state index in [4.69, 9.17) is 66.3 Å². The second-order valence-electron chi connectivity index (χ2n) is 31.9. The normalized spacial score (nSPS) is 26.0. The number of rotatable bonds is 43. The molecule has 0 aromatic heterocycles. The summed E-state index contributed by atoms with van der Waals surface area (Å²) in [6.07, 6.45) is 22.9. The van der Waals surface area contributed by atoms with Crippen molar-refractivity contribution in [2.75, 3.05) is 92.5 Å². The van der Waals surface area contributed by atoms with E-state index in [1.165, 1.54) is 42.5 Å². The average molecular weight is 1630 g/mol. The van der Waals surface area contributed by atoms with Gasteiger partial charge in [0.25, 0.3) is 0 Å². The van der Waals surface area contributed by atoms with Crippen molar-refractivity contribution in [3.8, 4) is 0 Å².